The van der Waals surface area contributed by atoms with Crippen molar-refractivity contribution < 1.29 is 14.3 Å². The third-order valence-electron chi connectivity index (χ3n) is 3.65. The monoisotopic (exact) mass is 346 g/mol. The predicted octanol–water partition coefficient (Wildman–Crippen LogP) is 3.14. The van der Waals surface area contributed by atoms with Crippen LogP contribution in [0, 0.1) is 0 Å². The van der Waals surface area contributed by atoms with Crippen molar-refractivity contribution in [2.75, 3.05) is 44.8 Å². The van der Waals surface area contributed by atoms with Crippen LogP contribution in [0.15, 0.2) is 0 Å². The standard InChI is InChI=1S/C17H34N2O3S/c1-17(2,3)22-16(20)19-11-7-15(8-12-19)21-13-5-9-18-10-6-14-23-4/h15,18H,5-14H2,1-4H3. The Morgan fingerprint density at radius 3 is 2.48 bits per heavy atom. The van der Waals surface area contributed by atoms with Crippen molar-refractivity contribution >= 4 is 17.9 Å². The second-order valence-corrected chi connectivity index (χ2v) is 7.97. The zero-order valence-corrected chi connectivity index (χ0v) is 16.0. The van der Waals surface area contributed by atoms with Gasteiger partial charge in [-0.2, -0.15) is 11.8 Å². The van der Waals surface area contributed by atoms with Crippen LogP contribution in [0.4, 0.5) is 4.79 Å². The zero-order chi connectivity index (χ0) is 17.1. The summed E-state index contributed by atoms with van der Waals surface area (Å²) < 4.78 is 11.3. The van der Waals surface area contributed by atoms with E-state index in [2.05, 4.69) is 11.6 Å². The summed E-state index contributed by atoms with van der Waals surface area (Å²) in [7, 11) is 0. The molecule has 1 aliphatic heterocycles. The average molecular weight is 347 g/mol. The molecule has 6 heteroatoms. The van der Waals surface area contributed by atoms with Gasteiger partial charge in [0.2, 0.25) is 0 Å². The SMILES string of the molecule is CSCCCNCCCOC1CCN(C(=O)OC(C)(C)C)CC1. The van der Waals surface area contributed by atoms with Crippen molar-refractivity contribution in [2.45, 2.75) is 58.2 Å². The summed E-state index contributed by atoms with van der Waals surface area (Å²) >= 11 is 1.89. The average Bonchev–Trinajstić information content (AvgIpc) is 2.49. The number of carbonyl (C=O) groups is 1. The van der Waals surface area contributed by atoms with Crippen molar-refractivity contribution in [2.24, 2.45) is 0 Å². The number of piperidine rings is 1. The van der Waals surface area contributed by atoms with Gasteiger partial charge in [-0.15, -0.1) is 0 Å². The Labute approximate surface area is 145 Å². The van der Waals surface area contributed by atoms with E-state index in [0.29, 0.717) is 0 Å². The van der Waals surface area contributed by atoms with Crippen LogP contribution in [0.5, 0.6) is 0 Å². The van der Waals surface area contributed by atoms with Gasteiger partial charge in [-0.1, -0.05) is 0 Å². The topological polar surface area (TPSA) is 50.8 Å². The number of ether oxygens (including phenoxy) is 2. The lowest BCUT2D eigenvalue weighted by molar-refractivity contribution is -0.0116. The fourth-order valence-corrected chi connectivity index (χ4v) is 2.88. The molecule has 0 bridgehead atoms. The van der Waals surface area contributed by atoms with E-state index in [0.717, 1.165) is 52.0 Å². The van der Waals surface area contributed by atoms with Crippen molar-refractivity contribution in [1.82, 2.24) is 10.2 Å². The quantitative estimate of drug-likeness (QED) is 0.650. The summed E-state index contributed by atoms with van der Waals surface area (Å²) in [5.41, 5.74) is -0.423. The van der Waals surface area contributed by atoms with Crippen LogP contribution in [0.3, 0.4) is 0 Å². The molecule has 0 saturated carbocycles. The van der Waals surface area contributed by atoms with Gasteiger partial charge in [0.05, 0.1) is 6.10 Å². The van der Waals surface area contributed by atoms with Crippen LogP contribution >= 0.6 is 11.8 Å². The van der Waals surface area contributed by atoms with Crippen molar-refractivity contribution in [3.63, 3.8) is 0 Å². The summed E-state index contributed by atoms with van der Waals surface area (Å²) in [6, 6.07) is 0. The molecule has 1 heterocycles. The number of carbonyl (C=O) groups excluding carboxylic acids is 1. The summed E-state index contributed by atoms with van der Waals surface area (Å²) in [5.74, 6) is 1.22. The highest BCUT2D eigenvalue weighted by Gasteiger charge is 2.26. The summed E-state index contributed by atoms with van der Waals surface area (Å²) in [6.45, 7) is 10.1. The van der Waals surface area contributed by atoms with Gasteiger partial charge in [-0.3, -0.25) is 0 Å². The highest BCUT2D eigenvalue weighted by atomic mass is 32.2. The Morgan fingerprint density at radius 1 is 1.22 bits per heavy atom. The molecule has 0 aromatic carbocycles. The van der Waals surface area contributed by atoms with Gasteiger partial charge >= 0.3 is 6.09 Å². The van der Waals surface area contributed by atoms with Crippen LogP contribution < -0.4 is 5.32 Å². The molecular weight excluding hydrogens is 312 g/mol. The van der Waals surface area contributed by atoms with Gasteiger partial charge in [-0.25, -0.2) is 4.79 Å². The van der Waals surface area contributed by atoms with Gasteiger partial charge in [0.15, 0.2) is 0 Å². The number of nitrogens with one attached hydrogen (secondary N) is 1. The van der Waals surface area contributed by atoms with Crippen LogP contribution in [-0.2, 0) is 9.47 Å². The lowest BCUT2D eigenvalue weighted by Gasteiger charge is -2.33. The molecule has 1 rings (SSSR count). The van der Waals surface area contributed by atoms with E-state index in [-0.39, 0.29) is 12.2 Å². The molecule has 23 heavy (non-hydrogen) atoms. The molecule has 5 nitrogen and oxygen atoms in total. The molecule has 0 unspecified atom stereocenters. The first-order valence-corrected chi connectivity index (χ1v) is 10.1. The number of rotatable bonds is 9. The molecule has 0 radical (unpaired) electrons. The minimum Gasteiger partial charge on any atom is -0.444 e. The molecular formula is C17H34N2O3S. The molecule has 1 fully saturated rings. The van der Waals surface area contributed by atoms with Gasteiger partial charge in [-0.05, 0) is 71.6 Å². The molecule has 136 valence electrons. The molecule has 1 N–H and O–H groups in total. The molecule has 0 aromatic rings. The summed E-state index contributed by atoms with van der Waals surface area (Å²) in [6.07, 6.45) is 6.30. The third kappa shape index (κ3) is 10.1. The number of hydrogen-bond acceptors (Lipinski definition) is 5. The van der Waals surface area contributed by atoms with Crippen LogP contribution in [-0.4, -0.2) is 67.5 Å². The Morgan fingerprint density at radius 2 is 1.87 bits per heavy atom. The van der Waals surface area contributed by atoms with Gasteiger partial charge in [0.1, 0.15) is 5.60 Å². The van der Waals surface area contributed by atoms with Crippen LogP contribution in [0.1, 0.15) is 46.5 Å². The third-order valence-corrected chi connectivity index (χ3v) is 4.34. The van der Waals surface area contributed by atoms with Crippen LogP contribution in [0.2, 0.25) is 0 Å². The normalized spacial score (nSPS) is 16.6. The summed E-state index contributed by atoms with van der Waals surface area (Å²) in [4.78, 5) is 13.8. The maximum atomic E-state index is 12.0. The number of thioether (sulfide) groups is 1. The molecule has 0 atom stereocenters. The molecule has 0 aromatic heterocycles. The lowest BCUT2D eigenvalue weighted by atomic mass is 10.1. The van der Waals surface area contributed by atoms with Gasteiger partial charge in [0.25, 0.3) is 0 Å². The second-order valence-electron chi connectivity index (χ2n) is 6.99. The van der Waals surface area contributed by atoms with E-state index in [1.54, 1.807) is 4.90 Å². The first-order chi connectivity index (χ1) is 10.9. The highest BCUT2D eigenvalue weighted by molar-refractivity contribution is 7.98. The number of hydrogen-bond donors (Lipinski definition) is 1. The maximum Gasteiger partial charge on any atom is 0.410 e. The first kappa shape index (κ1) is 20.6. The minimum atomic E-state index is -0.423. The first-order valence-electron chi connectivity index (χ1n) is 8.71. The fraction of sp³-hybridized carbons (Fsp3) is 0.941. The van der Waals surface area contributed by atoms with Crippen LogP contribution in [0.25, 0.3) is 0 Å². The van der Waals surface area contributed by atoms with E-state index in [9.17, 15) is 4.79 Å². The van der Waals surface area contributed by atoms with E-state index < -0.39 is 5.60 Å². The molecule has 1 saturated heterocycles. The Kier molecular flexibility index (Phi) is 9.99. The number of amides is 1. The summed E-state index contributed by atoms with van der Waals surface area (Å²) in [5, 5.41) is 3.44. The van der Waals surface area contributed by atoms with E-state index in [4.69, 9.17) is 9.47 Å². The Hall–Kier alpha value is -0.460. The zero-order valence-electron chi connectivity index (χ0n) is 15.2. The second kappa shape index (κ2) is 11.2. The van der Waals surface area contributed by atoms with E-state index in [1.807, 2.05) is 32.5 Å². The van der Waals surface area contributed by atoms with Crippen molar-refractivity contribution in [1.29, 1.82) is 0 Å². The van der Waals surface area contributed by atoms with E-state index >= 15 is 0 Å². The molecule has 0 spiro atoms. The number of nitrogens with zero attached hydrogens (tertiary/aromatic N) is 1. The highest BCUT2D eigenvalue weighted by Crippen LogP contribution is 2.17. The smallest absolute Gasteiger partial charge is 0.410 e. The molecule has 0 aliphatic carbocycles. The number of likely N-dealkylation sites (tertiary alicyclic amines) is 1. The molecule has 1 amide bonds. The Bertz CT molecular complexity index is 326. The van der Waals surface area contributed by atoms with E-state index in [1.165, 1.54) is 12.2 Å². The maximum absolute atomic E-state index is 12.0. The van der Waals surface area contributed by atoms with Gasteiger partial charge < -0.3 is 19.7 Å². The minimum absolute atomic E-state index is 0.203. The van der Waals surface area contributed by atoms with Gasteiger partial charge in [0, 0.05) is 19.7 Å². The predicted molar refractivity (Wildman–Crippen MR) is 97.3 cm³/mol. The fourth-order valence-electron chi connectivity index (χ4n) is 2.45. The lowest BCUT2D eigenvalue weighted by Crippen LogP contribution is -2.43. The Balaban J connectivity index is 2.03. The van der Waals surface area contributed by atoms with Crippen molar-refractivity contribution in [3.8, 4) is 0 Å². The largest absolute Gasteiger partial charge is 0.444 e. The molecule has 1 aliphatic rings. The van der Waals surface area contributed by atoms with Crippen molar-refractivity contribution in [3.05, 3.63) is 0 Å².